The van der Waals surface area contributed by atoms with Crippen LogP contribution in [0.3, 0.4) is 0 Å². The predicted octanol–water partition coefficient (Wildman–Crippen LogP) is 3.85. The number of halogens is 1. The molecule has 0 spiro atoms. The highest BCUT2D eigenvalue weighted by Gasteiger charge is 2.52. The minimum Gasteiger partial charge on any atom is -0.464 e. The van der Waals surface area contributed by atoms with Gasteiger partial charge in [-0.2, -0.15) is 4.90 Å². The zero-order chi connectivity index (χ0) is 21.7. The molecule has 9 heteroatoms. The van der Waals surface area contributed by atoms with Crippen LogP contribution in [0, 0.1) is 12.7 Å². The molecule has 1 aromatic rings. The predicted molar refractivity (Wildman–Crippen MR) is 104 cm³/mol. The molecule has 1 aliphatic rings. The van der Waals surface area contributed by atoms with Gasteiger partial charge in [-0.15, -0.1) is 0 Å². The van der Waals surface area contributed by atoms with Gasteiger partial charge in [0.15, 0.2) is 0 Å². The summed E-state index contributed by atoms with van der Waals surface area (Å²) in [4.78, 5) is 24.5. The molecule has 0 unspecified atom stereocenters. The van der Waals surface area contributed by atoms with Crippen molar-refractivity contribution >= 4 is 30.5 Å². The van der Waals surface area contributed by atoms with Gasteiger partial charge in [0.25, 0.3) is 0 Å². The second kappa shape index (κ2) is 7.04. The highest BCUT2D eigenvalue weighted by molar-refractivity contribution is 6.62. The summed E-state index contributed by atoms with van der Waals surface area (Å²) >= 11 is 0. The van der Waals surface area contributed by atoms with Crippen molar-refractivity contribution < 1.29 is 33.1 Å². The summed E-state index contributed by atoms with van der Waals surface area (Å²) in [6, 6.07) is 2.55. The molecule has 1 heterocycles. The van der Waals surface area contributed by atoms with Crippen LogP contribution < -0.4 is 10.4 Å². The van der Waals surface area contributed by atoms with Crippen molar-refractivity contribution in [1.29, 1.82) is 0 Å². The molecule has 1 aliphatic heterocycles. The number of imide groups is 1. The number of hydrogen-bond donors (Lipinski definition) is 1. The number of hydrogen-bond acceptors (Lipinski definition) is 5. The largest absolute Gasteiger partial charge is 0.495 e. The molecule has 0 atom stereocenters. The lowest BCUT2D eigenvalue weighted by Crippen LogP contribution is -2.43. The smallest absolute Gasteiger partial charge is 0.464 e. The van der Waals surface area contributed by atoms with E-state index in [1.165, 1.54) is 13.0 Å². The number of carboxylic acid groups (broad SMARTS) is 1. The van der Waals surface area contributed by atoms with Gasteiger partial charge in [-0.1, -0.05) is 6.07 Å². The van der Waals surface area contributed by atoms with Gasteiger partial charge in [-0.25, -0.2) is 14.0 Å². The lowest BCUT2D eigenvalue weighted by atomic mass is 9.75. The van der Waals surface area contributed by atoms with Crippen LogP contribution >= 0.6 is 0 Å². The minimum atomic E-state index is -1.65. The molecule has 0 radical (unpaired) electrons. The Kier molecular flexibility index (Phi) is 5.57. The zero-order valence-corrected chi connectivity index (χ0v) is 17.5. The summed E-state index contributed by atoms with van der Waals surface area (Å²) in [5, 5.41) is 9.56. The summed E-state index contributed by atoms with van der Waals surface area (Å²) in [6.07, 6.45) is -2.84. The van der Waals surface area contributed by atoms with Crippen molar-refractivity contribution in [2.45, 2.75) is 72.2 Å². The van der Waals surface area contributed by atoms with Crippen LogP contribution in [0.1, 0.15) is 54.0 Å². The van der Waals surface area contributed by atoms with E-state index in [0.717, 1.165) is 6.07 Å². The number of carbonyl (C=O) groups excluding carboxylic acids is 1. The summed E-state index contributed by atoms with van der Waals surface area (Å²) in [5.41, 5.74) is -1.96. The van der Waals surface area contributed by atoms with Crippen molar-refractivity contribution in [3.63, 3.8) is 0 Å². The maximum Gasteiger partial charge on any atom is 0.495 e. The lowest BCUT2D eigenvalue weighted by Gasteiger charge is -2.32. The molecule has 2 amide bonds. The second-order valence-electron chi connectivity index (χ2n) is 8.80. The van der Waals surface area contributed by atoms with Crippen LogP contribution in [-0.4, -0.2) is 41.2 Å². The van der Waals surface area contributed by atoms with Crippen molar-refractivity contribution in [3.8, 4) is 0 Å². The standard InChI is InChI=1S/C19H27BFNO6/c1-11-12(20-27-18(5,6)19(7,8)28-20)9-10-13(21)14(11)22(15(23)24)16(25)26-17(2,3)4/h9-10H,1-8H3,(H,23,24). The van der Waals surface area contributed by atoms with Gasteiger partial charge in [0.05, 0.1) is 16.9 Å². The van der Waals surface area contributed by atoms with E-state index in [2.05, 4.69) is 0 Å². The Labute approximate surface area is 164 Å². The average Bonchev–Trinajstić information content (AvgIpc) is 2.68. The van der Waals surface area contributed by atoms with Crippen LogP contribution in [0.15, 0.2) is 12.1 Å². The normalized spacial score (nSPS) is 18.1. The van der Waals surface area contributed by atoms with E-state index >= 15 is 0 Å². The van der Waals surface area contributed by atoms with E-state index in [0.29, 0.717) is 5.46 Å². The summed E-state index contributed by atoms with van der Waals surface area (Å²) in [6.45, 7) is 13.8. The first kappa shape index (κ1) is 22.2. The first-order valence-electron chi connectivity index (χ1n) is 8.98. The first-order valence-corrected chi connectivity index (χ1v) is 8.98. The Morgan fingerprint density at radius 1 is 1.14 bits per heavy atom. The molecule has 1 fully saturated rings. The van der Waals surface area contributed by atoms with E-state index in [1.54, 1.807) is 20.8 Å². The Balaban J connectivity index is 2.52. The first-order chi connectivity index (χ1) is 12.6. The third-order valence-electron chi connectivity index (χ3n) is 4.92. The molecule has 154 valence electrons. The number of benzene rings is 1. The SMILES string of the molecule is Cc1c(B2OC(C)(C)C(C)(C)O2)ccc(F)c1N(C(=O)O)C(=O)OC(C)(C)C. The molecular formula is C19H27BFNO6. The number of nitrogens with zero attached hydrogens (tertiary/aromatic N) is 1. The summed E-state index contributed by atoms with van der Waals surface area (Å²) < 4.78 is 31.7. The van der Waals surface area contributed by atoms with Gasteiger partial charge in [0.2, 0.25) is 0 Å². The molecule has 0 aliphatic carbocycles. The van der Waals surface area contributed by atoms with Crippen LogP contribution in [0.5, 0.6) is 0 Å². The number of ether oxygens (including phenoxy) is 1. The van der Waals surface area contributed by atoms with E-state index in [1.807, 2.05) is 27.7 Å². The monoisotopic (exact) mass is 395 g/mol. The third kappa shape index (κ3) is 4.15. The van der Waals surface area contributed by atoms with Crippen molar-refractivity contribution in [1.82, 2.24) is 0 Å². The van der Waals surface area contributed by atoms with E-state index in [9.17, 15) is 19.1 Å². The lowest BCUT2D eigenvalue weighted by molar-refractivity contribution is 0.00578. The van der Waals surface area contributed by atoms with E-state index in [4.69, 9.17) is 14.0 Å². The van der Waals surface area contributed by atoms with Crippen LogP contribution in [0.4, 0.5) is 19.7 Å². The maximum atomic E-state index is 14.6. The molecule has 0 bridgehead atoms. The molecular weight excluding hydrogens is 368 g/mol. The fraction of sp³-hybridized carbons (Fsp3) is 0.579. The van der Waals surface area contributed by atoms with Crippen molar-refractivity contribution in [3.05, 3.63) is 23.5 Å². The van der Waals surface area contributed by atoms with Crippen LogP contribution in [-0.2, 0) is 14.0 Å². The minimum absolute atomic E-state index is 0.215. The maximum absolute atomic E-state index is 14.6. The van der Waals surface area contributed by atoms with Gasteiger partial charge in [-0.05, 0) is 72.5 Å². The quantitative estimate of drug-likeness (QED) is 0.766. The Morgan fingerprint density at radius 3 is 2.07 bits per heavy atom. The van der Waals surface area contributed by atoms with Gasteiger partial charge in [0.1, 0.15) is 11.4 Å². The number of carbonyl (C=O) groups is 2. The van der Waals surface area contributed by atoms with Gasteiger partial charge in [-0.3, -0.25) is 0 Å². The molecule has 1 aromatic carbocycles. The molecule has 0 aromatic heterocycles. The van der Waals surface area contributed by atoms with E-state index < -0.39 is 47.6 Å². The molecule has 0 saturated carbocycles. The highest BCUT2D eigenvalue weighted by atomic mass is 19.1. The fourth-order valence-electron chi connectivity index (χ4n) is 2.76. The number of amides is 2. The second-order valence-corrected chi connectivity index (χ2v) is 8.80. The Hall–Kier alpha value is -2.13. The van der Waals surface area contributed by atoms with Crippen molar-refractivity contribution in [2.75, 3.05) is 4.90 Å². The Morgan fingerprint density at radius 2 is 1.64 bits per heavy atom. The molecule has 7 nitrogen and oxygen atoms in total. The average molecular weight is 395 g/mol. The molecule has 2 rings (SSSR count). The summed E-state index contributed by atoms with van der Waals surface area (Å²) in [7, 11) is -0.835. The van der Waals surface area contributed by atoms with Gasteiger partial charge >= 0.3 is 19.3 Å². The molecule has 1 N–H and O–H groups in total. The highest BCUT2D eigenvalue weighted by Crippen LogP contribution is 2.37. The fourth-order valence-corrected chi connectivity index (χ4v) is 2.76. The topological polar surface area (TPSA) is 85.3 Å². The van der Waals surface area contributed by atoms with E-state index in [-0.39, 0.29) is 10.5 Å². The number of rotatable bonds is 2. The zero-order valence-electron chi connectivity index (χ0n) is 17.5. The summed E-state index contributed by atoms with van der Waals surface area (Å²) in [5.74, 6) is -0.869. The number of anilines is 1. The molecule has 28 heavy (non-hydrogen) atoms. The van der Waals surface area contributed by atoms with Crippen LogP contribution in [0.2, 0.25) is 0 Å². The van der Waals surface area contributed by atoms with Crippen molar-refractivity contribution in [2.24, 2.45) is 0 Å². The third-order valence-corrected chi connectivity index (χ3v) is 4.92. The Bertz CT molecular complexity index is 786. The van der Waals surface area contributed by atoms with Gasteiger partial charge < -0.3 is 19.2 Å². The molecule has 1 saturated heterocycles. The van der Waals surface area contributed by atoms with Crippen LogP contribution in [0.25, 0.3) is 0 Å². The van der Waals surface area contributed by atoms with Gasteiger partial charge in [0, 0.05) is 0 Å².